The van der Waals surface area contributed by atoms with Crippen LogP contribution < -0.4 is 0 Å². The Morgan fingerprint density at radius 1 is 1.27 bits per heavy atom. The Morgan fingerprint density at radius 3 is 2.52 bits per heavy atom. The first kappa shape index (κ1) is 25.0. The van der Waals surface area contributed by atoms with Crippen molar-refractivity contribution in [1.29, 1.82) is 0 Å². The summed E-state index contributed by atoms with van der Waals surface area (Å²) in [5.74, 6) is -1.49. The molecule has 1 N–H and O–H groups in total. The van der Waals surface area contributed by atoms with Gasteiger partial charge in [-0.15, -0.1) is 0 Å². The molecule has 2 aliphatic heterocycles. The molecule has 3 aliphatic rings. The van der Waals surface area contributed by atoms with Crippen LogP contribution in [0.2, 0.25) is 0 Å². The second kappa shape index (κ2) is 8.97. The maximum Gasteiger partial charge on any atom is 0.374 e. The number of esters is 3. The van der Waals surface area contributed by atoms with Crippen LogP contribution in [0.25, 0.3) is 0 Å². The molecule has 8 nitrogen and oxygen atoms in total. The van der Waals surface area contributed by atoms with Gasteiger partial charge in [-0.05, 0) is 62.7 Å². The average Bonchev–Trinajstić information content (AvgIpc) is 3.02. The molecule has 4 atom stereocenters. The lowest BCUT2D eigenvalue weighted by atomic mass is 9.72. The SMILES string of the molecule is COC1=C(C(C)C)[C@H]2C/C=C(/C)[C@H](OC(C)=O)[C@@]3(O)CC(=O)O/C3=C(/C)CC[C@]2(C)OC1=O. The number of rotatable bonds is 3. The third-order valence-corrected chi connectivity index (χ3v) is 6.93. The van der Waals surface area contributed by atoms with E-state index in [2.05, 4.69) is 0 Å². The molecule has 1 aliphatic carbocycles. The number of hydrogen-bond donors (Lipinski definition) is 1. The minimum Gasteiger partial charge on any atom is -0.490 e. The Balaban J connectivity index is 2.20. The van der Waals surface area contributed by atoms with Crippen molar-refractivity contribution in [2.45, 2.75) is 84.5 Å². The number of carbonyl (C=O) groups is 3. The van der Waals surface area contributed by atoms with Crippen LogP contribution in [0.4, 0.5) is 0 Å². The van der Waals surface area contributed by atoms with Gasteiger partial charge in [-0.1, -0.05) is 19.9 Å². The Kier molecular flexibility index (Phi) is 6.80. The van der Waals surface area contributed by atoms with Crippen molar-refractivity contribution in [2.75, 3.05) is 7.11 Å². The summed E-state index contributed by atoms with van der Waals surface area (Å²) in [6, 6.07) is 0. The lowest BCUT2D eigenvalue weighted by Crippen LogP contribution is -2.46. The van der Waals surface area contributed by atoms with E-state index in [9.17, 15) is 19.5 Å². The Morgan fingerprint density at radius 2 is 1.94 bits per heavy atom. The number of allylic oxidation sites excluding steroid dienone is 2. The fraction of sp³-hybridized carbons (Fsp3) is 0.640. The molecular weight excluding hydrogens is 428 g/mol. The normalized spacial score (nSPS) is 36.7. The van der Waals surface area contributed by atoms with E-state index in [0.717, 1.165) is 5.57 Å². The first-order valence-electron chi connectivity index (χ1n) is 11.3. The molecule has 3 rings (SSSR count). The van der Waals surface area contributed by atoms with Crippen LogP contribution in [0.1, 0.15) is 67.2 Å². The first-order valence-corrected chi connectivity index (χ1v) is 11.3. The lowest BCUT2D eigenvalue weighted by Gasteiger charge is -2.43. The number of ether oxygens (including phenoxy) is 4. The summed E-state index contributed by atoms with van der Waals surface area (Å²) in [5, 5.41) is 11.6. The number of aliphatic hydroxyl groups is 1. The van der Waals surface area contributed by atoms with E-state index in [1.807, 2.05) is 26.8 Å². The first-order chi connectivity index (χ1) is 15.3. The second-order valence-electron chi connectivity index (χ2n) is 9.76. The van der Waals surface area contributed by atoms with E-state index in [0.29, 0.717) is 30.4 Å². The van der Waals surface area contributed by atoms with Crippen molar-refractivity contribution in [3.63, 3.8) is 0 Å². The average molecular weight is 463 g/mol. The van der Waals surface area contributed by atoms with Gasteiger partial charge in [-0.3, -0.25) is 9.59 Å². The Hall–Kier alpha value is -2.61. The second-order valence-corrected chi connectivity index (χ2v) is 9.76. The van der Waals surface area contributed by atoms with Crippen LogP contribution in [0, 0.1) is 11.8 Å². The van der Waals surface area contributed by atoms with E-state index in [1.165, 1.54) is 14.0 Å². The monoisotopic (exact) mass is 462 g/mol. The van der Waals surface area contributed by atoms with E-state index >= 15 is 0 Å². The molecule has 0 radical (unpaired) electrons. The van der Waals surface area contributed by atoms with Crippen molar-refractivity contribution in [3.8, 4) is 0 Å². The molecule has 0 spiro atoms. The third-order valence-electron chi connectivity index (χ3n) is 6.93. The minimum atomic E-state index is -1.80. The Labute approximate surface area is 194 Å². The van der Waals surface area contributed by atoms with Crippen molar-refractivity contribution < 1.29 is 38.4 Å². The molecule has 1 fully saturated rings. The fourth-order valence-corrected chi connectivity index (χ4v) is 5.30. The van der Waals surface area contributed by atoms with Gasteiger partial charge in [0.2, 0.25) is 5.76 Å². The predicted molar refractivity (Wildman–Crippen MR) is 118 cm³/mol. The summed E-state index contributed by atoms with van der Waals surface area (Å²) in [5.41, 5.74) is -0.550. The molecule has 8 heteroatoms. The van der Waals surface area contributed by atoms with E-state index in [1.54, 1.807) is 13.8 Å². The molecule has 2 heterocycles. The molecule has 33 heavy (non-hydrogen) atoms. The highest BCUT2D eigenvalue weighted by Gasteiger charge is 2.54. The third kappa shape index (κ3) is 4.45. The fourth-order valence-electron chi connectivity index (χ4n) is 5.30. The summed E-state index contributed by atoms with van der Waals surface area (Å²) >= 11 is 0. The summed E-state index contributed by atoms with van der Waals surface area (Å²) < 4.78 is 22.4. The molecule has 0 aromatic carbocycles. The van der Waals surface area contributed by atoms with Gasteiger partial charge >= 0.3 is 17.9 Å². The number of methoxy groups -OCH3 is 1. The molecule has 0 aromatic rings. The maximum atomic E-state index is 12.8. The van der Waals surface area contributed by atoms with Gasteiger partial charge in [-0.25, -0.2) is 4.79 Å². The molecule has 0 bridgehead atoms. The Bertz CT molecular complexity index is 955. The smallest absolute Gasteiger partial charge is 0.374 e. The lowest BCUT2D eigenvalue weighted by molar-refractivity contribution is -0.167. The van der Waals surface area contributed by atoms with Crippen LogP contribution in [0.5, 0.6) is 0 Å². The molecule has 0 unspecified atom stereocenters. The van der Waals surface area contributed by atoms with Gasteiger partial charge in [0.15, 0.2) is 11.7 Å². The number of hydrogen-bond acceptors (Lipinski definition) is 8. The highest BCUT2D eigenvalue weighted by Crippen LogP contribution is 2.47. The molecule has 0 aromatic heterocycles. The highest BCUT2D eigenvalue weighted by atomic mass is 16.6. The van der Waals surface area contributed by atoms with Crippen LogP contribution in [0.3, 0.4) is 0 Å². The highest BCUT2D eigenvalue weighted by molar-refractivity contribution is 5.89. The molecular formula is C25H34O8. The minimum absolute atomic E-state index is 0.0317. The summed E-state index contributed by atoms with van der Waals surface area (Å²) in [7, 11) is 1.46. The van der Waals surface area contributed by atoms with Crippen LogP contribution >= 0.6 is 0 Å². The van der Waals surface area contributed by atoms with Gasteiger partial charge in [0.1, 0.15) is 11.4 Å². The van der Waals surface area contributed by atoms with Gasteiger partial charge in [0.25, 0.3) is 0 Å². The topological polar surface area (TPSA) is 108 Å². The summed E-state index contributed by atoms with van der Waals surface area (Å²) in [4.78, 5) is 37.0. The van der Waals surface area contributed by atoms with Crippen LogP contribution in [-0.4, -0.2) is 47.4 Å². The van der Waals surface area contributed by atoms with Crippen LogP contribution in [0.15, 0.2) is 34.3 Å². The zero-order valence-electron chi connectivity index (χ0n) is 20.4. The van der Waals surface area contributed by atoms with Gasteiger partial charge in [-0.2, -0.15) is 0 Å². The quantitative estimate of drug-likeness (QED) is 0.386. The van der Waals surface area contributed by atoms with Crippen molar-refractivity contribution in [1.82, 2.24) is 0 Å². The summed E-state index contributed by atoms with van der Waals surface area (Å²) in [6.45, 7) is 10.7. The number of carbonyl (C=O) groups excluding carboxylic acids is 3. The van der Waals surface area contributed by atoms with Gasteiger partial charge < -0.3 is 24.1 Å². The van der Waals surface area contributed by atoms with E-state index < -0.39 is 35.2 Å². The van der Waals surface area contributed by atoms with Crippen molar-refractivity contribution in [2.24, 2.45) is 11.8 Å². The zero-order chi connectivity index (χ0) is 24.7. The van der Waals surface area contributed by atoms with Crippen molar-refractivity contribution >= 4 is 17.9 Å². The van der Waals surface area contributed by atoms with E-state index in [4.69, 9.17) is 18.9 Å². The molecule has 182 valence electrons. The largest absolute Gasteiger partial charge is 0.490 e. The zero-order valence-corrected chi connectivity index (χ0v) is 20.4. The van der Waals surface area contributed by atoms with Gasteiger partial charge in [0.05, 0.1) is 13.5 Å². The van der Waals surface area contributed by atoms with Crippen molar-refractivity contribution in [3.05, 3.63) is 34.3 Å². The van der Waals surface area contributed by atoms with E-state index in [-0.39, 0.29) is 29.8 Å². The van der Waals surface area contributed by atoms with Crippen LogP contribution in [-0.2, 0) is 33.3 Å². The maximum absolute atomic E-state index is 12.8. The predicted octanol–water partition coefficient (Wildman–Crippen LogP) is 3.49. The summed E-state index contributed by atoms with van der Waals surface area (Å²) in [6.07, 6.45) is 1.80. The van der Waals surface area contributed by atoms with Gasteiger partial charge in [0, 0.05) is 12.8 Å². The molecule has 0 saturated carbocycles. The number of fused-ring (bicyclic) bond motifs is 2. The molecule has 1 saturated heterocycles. The molecule has 0 amide bonds. The standard InChI is InChI=1S/C25H34O8/c1-13(2)19-17-9-8-14(3)21(31-16(5)26)25(29)12-18(27)32-22(25)15(4)10-11-24(17,6)33-23(28)20(19)30-7/h8,13,17,21,29H,9-12H2,1-7H3/b14-8-,22-15-/t17-,21+,24+,25+/m1/s1.